The molecule has 0 aliphatic rings. The molecular weight excluding hydrogens is 314 g/mol. The SMILES string of the molecule is COc1cc(Cl)c(C)cc1NC(=O)c1ccn2cc(C)nc2c1. The number of carbonyl (C=O) groups excluding carboxylic acids is 1. The molecule has 0 radical (unpaired) electrons. The van der Waals surface area contributed by atoms with Crippen LogP contribution in [0.2, 0.25) is 5.02 Å². The number of fused-ring (bicyclic) bond motifs is 1. The van der Waals surface area contributed by atoms with Gasteiger partial charge in [-0.25, -0.2) is 4.98 Å². The number of benzene rings is 1. The van der Waals surface area contributed by atoms with Gasteiger partial charge in [-0.2, -0.15) is 0 Å². The minimum atomic E-state index is -0.229. The van der Waals surface area contributed by atoms with Gasteiger partial charge in [0.1, 0.15) is 11.4 Å². The van der Waals surface area contributed by atoms with E-state index in [4.69, 9.17) is 16.3 Å². The number of nitrogens with one attached hydrogen (secondary N) is 1. The fourth-order valence-corrected chi connectivity index (χ4v) is 2.53. The molecule has 0 spiro atoms. The quantitative estimate of drug-likeness (QED) is 0.793. The summed E-state index contributed by atoms with van der Waals surface area (Å²) in [5.74, 6) is 0.292. The molecule has 0 aliphatic carbocycles. The molecule has 6 heteroatoms. The van der Waals surface area contributed by atoms with Crippen molar-refractivity contribution in [3.05, 3.63) is 58.5 Å². The Morgan fingerprint density at radius 3 is 2.83 bits per heavy atom. The molecule has 3 aromatic rings. The average Bonchev–Trinajstić information content (AvgIpc) is 2.89. The number of aromatic nitrogens is 2. The number of pyridine rings is 1. The Morgan fingerprint density at radius 2 is 2.09 bits per heavy atom. The first-order valence-corrected chi connectivity index (χ1v) is 7.46. The fourth-order valence-electron chi connectivity index (χ4n) is 2.37. The number of anilines is 1. The van der Waals surface area contributed by atoms with E-state index >= 15 is 0 Å². The number of ether oxygens (including phenoxy) is 1. The molecule has 1 aromatic carbocycles. The van der Waals surface area contributed by atoms with Crippen molar-refractivity contribution in [3.63, 3.8) is 0 Å². The van der Waals surface area contributed by atoms with Crippen molar-refractivity contribution >= 4 is 28.8 Å². The minimum Gasteiger partial charge on any atom is -0.495 e. The first kappa shape index (κ1) is 15.4. The normalized spacial score (nSPS) is 10.8. The van der Waals surface area contributed by atoms with Gasteiger partial charge in [-0.3, -0.25) is 4.79 Å². The molecule has 0 fully saturated rings. The molecule has 0 saturated heterocycles. The summed E-state index contributed by atoms with van der Waals surface area (Å²) >= 11 is 6.08. The van der Waals surface area contributed by atoms with Crippen molar-refractivity contribution in [1.29, 1.82) is 0 Å². The van der Waals surface area contributed by atoms with E-state index in [1.807, 2.05) is 30.6 Å². The van der Waals surface area contributed by atoms with E-state index in [9.17, 15) is 4.79 Å². The summed E-state index contributed by atoms with van der Waals surface area (Å²) in [6.07, 6.45) is 3.72. The highest BCUT2D eigenvalue weighted by atomic mass is 35.5. The van der Waals surface area contributed by atoms with Crippen LogP contribution >= 0.6 is 11.6 Å². The Balaban J connectivity index is 1.92. The van der Waals surface area contributed by atoms with Crippen LogP contribution < -0.4 is 10.1 Å². The van der Waals surface area contributed by atoms with Crippen molar-refractivity contribution in [2.24, 2.45) is 0 Å². The van der Waals surface area contributed by atoms with Crippen LogP contribution in [0.3, 0.4) is 0 Å². The fraction of sp³-hybridized carbons (Fsp3) is 0.176. The Labute approximate surface area is 138 Å². The van der Waals surface area contributed by atoms with Gasteiger partial charge in [-0.15, -0.1) is 0 Å². The van der Waals surface area contributed by atoms with Crippen LogP contribution in [0.1, 0.15) is 21.6 Å². The third kappa shape index (κ3) is 3.00. The molecular formula is C17H16ClN3O2. The second kappa shape index (κ2) is 5.93. The molecule has 0 atom stereocenters. The summed E-state index contributed by atoms with van der Waals surface area (Å²) in [4.78, 5) is 16.9. The number of hydrogen-bond donors (Lipinski definition) is 1. The maximum absolute atomic E-state index is 12.5. The molecule has 3 rings (SSSR count). The predicted molar refractivity (Wildman–Crippen MR) is 90.6 cm³/mol. The van der Waals surface area contributed by atoms with Crippen LogP contribution in [-0.4, -0.2) is 22.4 Å². The first-order chi connectivity index (χ1) is 11.0. The Morgan fingerprint density at radius 1 is 1.30 bits per heavy atom. The number of halogens is 1. The highest BCUT2D eigenvalue weighted by Crippen LogP contribution is 2.31. The van der Waals surface area contributed by atoms with Crippen LogP contribution in [0.15, 0.2) is 36.7 Å². The number of hydrogen-bond acceptors (Lipinski definition) is 3. The lowest BCUT2D eigenvalue weighted by Crippen LogP contribution is -2.13. The summed E-state index contributed by atoms with van der Waals surface area (Å²) in [6, 6.07) is 6.97. The van der Waals surface area contributed by atoms with Gasteiger partial charge in [0.25, 0.3) is 5.91 Å². The number of carbonyl (C=O) groups is 1. The van der Waals surface area contributed by atoms with Crippen LogP contribution in [0.5, 0.6) is 5.75 Å². The number of aryl methyl sites for hydroxylation is 2. The van der Waals surface area contributed by atoms with E-state index in [0.717, 1.165) is 16.9 Å². The summed E-state index contributed by atoms with van der Waals surface area (Å²) in [5.41, 5.74) is 3.60. The maximum atomic E-state index is 12.5. The second-order valence-electron chi connectivity index (χ2n) is 5.32. The monoisotopic (exact) mass is 329 g/mol. The maximum Gasteiger partial charge on any atom is 0.255 e. The topological polar surface area (TPSA) is 55.6 Å². The van der Waals surface area contributed by atoms with E-state index < -0.39 is 0 Å². The second-order valence-corrected chi connectivity index (χ2v) is 5.73. The molecule has 23 heavy (non-hydrogen) atoms. The molecule has 0 aliphatic heterocycles. The summed E-state index contributed by atoms with van der Waals surface area (Å²) in [6.45, 7) is 3.78. The van der Waals surface area contributed by atoms with Gasteiger partial charge in [0, 0.05) is 29.0 Å². The summed E-state index contributed by atoms with van der Waals surface area (Å²) in [7, 11) is 1.54. The molecule has 0 saturated carbocycles. The number of rotatable bonds is 3. The lowest BCUT2D eigenvalue weighted by atomic mass is 10.2. The average molecular weight is 330 g/mol. The zero-order valence-electron chi connectivity index (χ0n) is 13.1. The zero-order chi connectivity index (χ0) is 16.6. The Hall–Kier alpha value is -2.53. The van der Waals surface area contributed by atoms with Gasteiger partial charge in [-0.05, 0) is 37.6 Å². The Bertz CT molecular complexity index is 902. The highest BCUT2D eigenvalue weighted by Gasteiger charge is 2.13. The minimum absolute atomic E-state index is 0.229. The number of nitrogens with zero attached hydrogens (tertiary/aromatic N) is 2. The smallest absolute Gasteiger partial charge is 0.255 e. The van der Waals surface area contributed by atoms with Gasteiger partial charge in [0.2, 0.25) is 0 Å². The molecule has 2 aromatic heterocycles. The lowest BCUT2D eigenvalue weighted by molar-refractivity contribution is 0.102. The molecule has 2 heterocycles. The lowest BCUT2D eigenvalue weighted by Gasteiger charge is -2.12. The zero-order valence-corrected chi connectivity index (χ0v) is 13.8. The van der Waals surface area contributed by atoms with Gasteiger partial charge in [0.05, 0.1) is 18.5 Å². The standard InChI is InChI=1S/C17H16ClN3O2/c1-10-6-14(15(23-3)8-13(10)18)20-17(22)12-4-5-21-9-11(2)19-16(21)7-12/h4-9H,1-3H3,(H,20,22). The van der Waals surface area contributed by atoms with Crippen LogP contribution in [0.4, 0.5) is 5.69 Å². The van der Waals surface area contributed by atoms with E-state index in [1.54, 1.807) is 24.3 Å². The molecule has 0 unspecified atom stereocenters. The van der Waals surface area contributed by atoms with Crippen molar-refractivity contribution in [3.8, 4) is 5.75 Å². The van der Waals surface area contributed by atoms with E-state index in [-0.39, 0.29) is 5.91 Å². The van der Waals surface area contributed by atoms with Crippen molar-refractivity contribution in [1.82, 2.24) is 9.38 Å². The summed E-state index contributed by atoms with van der Waals surface area (Å²) in [5, 5.41) is 3.45. The molecule has 0 bridgehead atoms. The summed E-state index contributed by atoms with van der Waals surface area (Å²) < 4.78 is 7.15. The first-order valence-electron chi connectivity index (χ1n) is 7.09. The van der Waals surface area contributed by atoms with Gasteiger partial charge < -0.3 is 14.5 Å². The van der Waals surface area contributed by atoms with E-state index in [0.29, 0.717) is 22.0 Å². The van der Waals surface area contributed by atoms with Crippen molar-refractivity contribution in [2.45, 2.75) is 13.8 Å². The molecule has 1 amide bonds. The number of imidazole rings is 1. The van der Waals surface area contributed by atoms with Crippen LogP contribution in [0.25, 0.3) is 5.65 Å². The molecule has 5 nitrogen and oxygen atoms in total. The molecule has 118 valence electrons. The van der Waals surface area contributed by atoms with Crippen molar-refractivity contribution in [2.75, 3.05) is 12.4 Å². The van der Waals surface area contributed by atoms with E-state index in [2.05, 4.69) is 10.3 Å². The predicted octanol–water partition coefficient (Wildman–Crippen LogP) is 3.87. The van der Waals surface area contributed by atoms with E-state index in [1.165, 1.54) is 7.11 Å². The molecule has 1 N–H and O–H groups in total. The van der Waals surface area contributed by atoms with Crippen molar-refractivity contribution < 1.29 is 9.53 Å². The highest BCUT2D eigenvalue weighted by molar-refractivity contribution is 6.31. The number of amides is 1. The third-order valence-corrected chi connectivity index (χ3v) is 3.98. The van der Waals surface area contributed by atoms with Gasteiger partial charge >= 0.3 is 0 Å². The van der Waals surface area contributed by atoms with Crippen LogP contribution in [-0.2, 0) is 0 Å². The van der Waals surface area contributed by atoms with Crippen LogP contribution in [0, 0.1) is 13.8 Å². The number of methoxy groups -OCH3 is 1. The van der Waals surface area contributed by atoms with Gasteiger partial charge in [-0.1, -0.05) is 11.6 Å². The van der Waals surface area contributed by atoms with Gasteiger partial charge in [0.15, 0.2) is 0 Å². The largest absolute Gasteiger partial charge is 0.495 e. The Kier molecular flexibility index (Phi) is 3.96. The third-order valence-electron chi connectivity index (χ3n) is 3.57.